The van der Waals surface area contributed by atoms with Gasteiger partial charge in [-0.1, -0.05) is 59.6 Å². The lowest BCUT2D eigenvalue weighted by Gasteiger charge is -2.17. The van der Waals surface area contributed by atoms with Crippen molar-refractivity contribution in [1.82, 2.24) is 16.0 Å². The van der Waals surface area contributed by atoms with E-state index >= 15 is 0 Å². The summed E-state index contributed by atoms with van der Waals surface area (Å²) in [5.74, 6) is -4.04. The molecular weight excluding hydrogens is 610 g/mol. The fraction of sp³-hybridized carbons (Fsp3) is 0.267. The Kier molecular flexibility index (Phi) is 9.98. The van der Waals surface area contributed by atoms with Crippen LogP contribution in [0.5, 0.6) is 0 Å². The summed E-state index contributed by atoms with van der Waals surface area (Å²) in [5, 5.41) is 17.0. The van der Waals surface area contributed by atoms with Crippen LogP contribution in [0.1, 0.15) is 61.9 Å². The third-order valence-corrected chi connectivity index (χ3v) is 7.61. The molecule has 0 fully saturated rings. The number of nitrogens with one attached hydrogen (secondary N) is 3. The van der Waals surface area contributed by atoms with E-state index in [1.807, 2.05) is 24.3 Å². The predicted octanol–water partition coefficient (Wildman–Crippen LogP) is 6.20. The van der Waals surface area contributed by atoms with Gasteiger partial charge in [0.05, 0.1) is 33.1 Å². The Hall–Kier alpha value is -4.09. The van der Waals surface area contributed by atoms with Gasteiger partial charge in [-0.3, -0.25) is 14.4 Å². The Morgan fingerprint density at radius 2 is 1.65 bits per heavy atom. The lowest BCUT2D eigenvalue weighted by atomic mass is 9.97. The number of alkyl halides is 3. The Morgan fingerprint density at radius 3 is 2.33 bits per heavy atom. The average Bonchev–Trinajstić information content (AvgIpc) is 3.35. The van der Waals surface area contributed by atoms with E-state index < -0.39 is 47.8 Å². The molecule has 3 amide bonds. The number of fused-ring (bicyclic) bond motifs is 1. The lowest BCUT2D eigenvalue weighted by Crippen LogP contribution is -2.41. The number of carboxylic acid groups (broad SMARTS) is 1. The maximum Gasteiger partial charge on any atom is 0.416 e. The SMILES string of the molecule is O=C(NC[C@H](CC(=O)c1c(Cl)cc(C(=O)NCc2cccc(C(F)(F)F)c2)cc1Cl)C(=O)O)N[C@@H]1CCc2ccccc21. The number of amides is 3. The van der Waals surface area contributed by atoms with Crippen LogP contribution >= 0.6 is 23.2 Å². The zero-order valence-corrected chi connectivity index (χ0v) is 23.9. The second kappa shape index (κ2) is 13.5. The van der Waals surface area contributed by atoms with Gasteiger partial charge in [0.25, 0.3) is 5.91 Å². The number of carboxylic acids is 1. The van der Waals surface area contributed by atoms with Gasteiger partial charge < -0.3 is 21.1 Å². The van der Waals surface area contributed by atoms with Gasteiger partial charge in [0.1, 0.15) is 0 Å². The van der Waals surface area contributed by atoms with E-state index in [0.29, 0.717) is 6.42 Å². The highest BCUT2D eigenvalue weighted by molar-refractivity contribution is 6.40. The van der Waals surface area contributed by atoms with Crippen LogP contribution in [0.25, 0.3) is 0 Å². The zero-order valence-electron chi connectivity index (χ0n) is 22.4. The summed E-state index contributed by atoms with van der Waals surface area (Å²) in [6.45, 7) is -0.556. The number of urea groups is 1. The second-order valence-electron chi connectivity index (χ2n) is 10.0. The van der Waals surface area contributed by atoms with Crippen LogP contribution in [0.15, 0.2) is 60.7 Å². The summed E-state index contributed by atoms with van der Waals surface area (Å²) in [4.78, 5) is 50.0. The van der Waals surface area contributed by atoms with Crippen molar-refractivity contribution in [2.24, 2.45) is 5.92 Å². The molecule has 8 nitrogen and oxygen atoms in total. The zero-order chi connectivity index (χ0) is 31.3. The Morgan fingerprint density at radius 1 is 0.953 bits per heavy atom. The van der Waals surface area contributed by atoms with Crippen LogP contribution in [-0.4, -0.2) is 35.3 Å². The van der Waals surface area contributed by atoms with E-state index in [1.165, 1.54) is 12.1 Å². The molecule has 0 saturated carbocycles. The van der Waals surface area contributed by atoms with Crippen molar-refractivity contribution in [1.29, 1.82) is 0 Å². The molecule has 1 aliphatic carbocycles. The third kappa shape index (κ3) is 8.05. The van der Waals surface area contributed by atoms with E-state index in [-0.39, 0.29) is 45.9 Å². The highest BCUT2D eigenvalue weighted by Gasteiger charge is 2.31. The second-order valence-corrected chi connectivity index (χ2v) is 10.8. The minimum atomic E-state index is -4.53. The van der Waals surface area contributed by atoms with Crippen molar-refractivity contribution < 1.29 is 37.5 Å². The summed E-state index contributed by atoms with van der Waals surface area (Å²) in [6.07, 6.45) is -3.55. The van der Waals surface area contributed by atoms with Gasteiger partial charge in [0.2, 0.25) is 0 Å². The summed E-state index contributed by atoms with van der Waals surface area (Å²) in [5.41, 5.74) is 1.23. The number of Topliss-reactive ketones (excluding diaryl/α,β-unsaturated/α-hetero) is 1. The molecule has 3 aromatic rings. The smallest absolute Gasteiger partial charge is 0.416 e. The van der Waals surface area contributed by atoms with Gasteiger partial charge in [0.15, 0.2) is 5.78 Å². The van der Waals surface area contributed by atoms with Crippen molar-refractivity contribution in [3.05, 3.63) is 104 Å². The van der Waals surface area contributed by atoms with Gasteiger partial charge in [0, 0.05) is 25.1 Å². The summed E-state index contributed by atoms with van der Waals surface area (Å²) in [7, 11) is 0. The third-order valence-electron chi connectivity index (χ3n) is 7.02. The molecule has 0 unspecified atom stereocenters. The topological polar surface area (TPSA) is 125 Å². The molecule has 0 aliphatic heterocycles. The van der Waals surface area contributed by atoms with E-state index in [1.54, 1.807) is 0 Å². The van der Waals surface area contributed by atoms with Gasteiger partial charge in [-0.25, -0.2) is 4.79 Å². The van der Waals surface area contributed by atoms with Crippen molar-refractivity contribution >= 4 is 46.9 Å². The van der Waals surface area contributed by atoms with Gasteiger partial charge >= 0.3 is 18.2 Å². The Balaban J connectivity index is 1.35. The predicted molar refractivity (Wildman–Crippen MR) is 153 cm³/mol. The molecule has 13 heteroatoms. The number of halogens is 5. The fourth-order valence-corrected chi connectivity index (χ4v) is 5.52. The van der Waals surface area contributed by atoms with Crippen LogP contribution < -0.4 is 16.0 Å². The minimum absolute atomic E-state index is 0.0554. The molecule has 4 rings (SSSR count). The molecule has 0 radical (unpaired) electrons. The first-order valence-corrected chi connectivity index (χ1v) is 13.9. The highest BCUT2D eigenvalue weighted by atomic mass is 35.5. The number of hydrogen-bond acceptors (Lipinski definition) is 4. The first-order valence-electron chi connectivity index (χ1n) is 13.1. The van der Waals surface area contributed by atoms with Gasteiger partial charge in [-0.2, -0.15) is 13.2 Å². The molecule has 4 N–H and O–H groups in total. The van der Waals surface area contributed by atoms with Crippen molar-refractivity contribution in [3.63, 3.8) is 0 Å². The molecule has 0 heterocycles. The van der Waals surface area contributed by atoms with Crippen LogP contribution in [0.4, 0.5) is 18.0 Å². The summed E-state index contributed by atoms with van der Waals surface area (Å²) < 4.78 is 38.8. The molecular formula is C30H26Cl2F3N3O5. The van der Waals surface area contributed by atoms with Crippen molar-refractivity contribution in [2.75, 3.05) is 6.54 Å². The quantitative estimate of drug-likeness (QED) is 0.197. The fourth-order valence-electron chi connectivity index (χ4n) is 4.82. The van der Waals surface area contributed by atoms with Crippen LogP contribution in [0.3, 0.4) is 0 Å². The molecule has 43 heavy (non-hydrogen) atoms. The first-order chi connectivity index (χ1) is 20.3. The minimum Gasteiger partial charge on any atom is -0.481 e. The van der Waals surface area contributed by atoms with Crippen LogP contribution in [0, 0.1) is 5.92 Å². The Bertz CT molecular complexity index is 1540. The molecule has 0 spiro atoms. The number of carbonyl (C=O) groups excluding carboxylic acids is 3. The molecule has 3 aromatic carbocycles. The Labute approximate surface area is 254 Å². The normalized spacial score (nSPS) is 14.9. The first kappa shape index (κ1) is 31.8. The highest BCUT2D eigenvalue weighted by Crippen LogP contribution is 2.32. The number of aliphatic carboxylic acids is 1. The maximum atomic E-state index is 13.0. The largest absolute Gasteiger partial charge is 0.481 e. The standard InChI is InChI=1S/C30H26Cl2F3N3O5/c31-22-11-18(27(40)36-14-16-4-3-6-20(10-16)30(33,34)35)12-23(32)26(22)25(39)13-19(28(41)42)15-37-29(43)38-24-9-8-17-5-1-2-7-21(17)24/h1-7,10-12,19,24H,8-9,13-15H2,(H,36,40)(H,41,42)(H2,37,38,43)/t19-,24+/m0/s1. The summed E-state index contributed by atoms with van der Waals surface area (Å²) >= 11 is 12.5. The molecule has 2 atom stereocenters. The average molecular weight is 636 g/mol. The van der Waals surface area contributed by atoms with E-state index in [0.717, 1.165) is 41.8 Å². The number of benzene rings is 3. The van der Waals surface area contributed by atoms with Crippen LogP contribution in [-0.2, 0) is 23.9 Å². The number of ketones is 1. The van der Waals surface area contributed by atoms with Gasteiger partial charge in [-0.05, 0) is 53.8 Å². The maximum absolute atomic E-state index is 13.0. The van der Waals surface area contributed by atoms with E-state index in [4.69, 9.17) is 23.2 Å². The number of aryl methyl sites for hydroxylation is 1. The van der Waals surface area contributed by atoms with Crippen molar-refractivity contribution in [2.45, 2.75) is 38.0 Å². The number of carbonyl (C=O) groups is 4. The molecule has 0 saturated heterocycles. The van der Waals surface area contributed by atoms with Gasteiger partial charge in [-0.15, -0.1) is 0 Å². The summed E-state index contributed by atoms with van der Waals surface area (Å²) in [6, 6.07) is 13.7. The number of hydrogen-bond donors (Lipinski definition) is 4. The molecule has 0 bridgehead atoms. The van der Waals surface area contributed by atoms with E-state index in [9.17, 15) is 37.5 Å². The molecule has 0 aromatic heterocycles. The lowest BCUT2D eigenvalue weighted by molar-refractivity contribution is -0.141. The van der Waals surface area contributed by atoms with Crippen LogP contribution in [0.2, 0.25) is 10.0 Å². The molecule has 226 valence electrons. The van der Waals surface area contributed by atoms with E-state index in [2.05, 4.69) is 16.0 Å². The molecule has 1 aliphatic rings. The number of rotatable bonds is 10. The van der Waals surface area contributed by atoms with Crippen molar-refractivity contribution in [3.8, 4) is 0 Å². The monoisotopic (exact) mass is 635 g/mol.